The number of rotatable bonds is 82. The fourth-order valence-electron chi connectivity index (χ4n) is 13.0. The molecule has 0 saturated carbocycles. The third-order valence-corrected chi connectivity index (χ3v) is 20.3. The number of carbonyl (C=O) groups excluding carboxylic acids is 2. The van der Waals surface area contributed by atoms with E-state index in [4.69, 9.17) is 24.3 Å². The Labute approximate surface area is 614 Å². The first-order valence-corrected chi connectivity index (χ1v) is 44.6. The molecule has 9 nitrogen and oxygen atoms in total. The lowest BCUT2D eigenvalue weighted by atomic mass is 10.0. The third-order valence-electron chi connectivity index (χ3n) is 19.3. The van der Waals surface area contributed by atoms with E-state index in [1.165, 1.54) is 321 Å². The quantitative estimate of drug-likeness (QED) is 0.0264. The molecule has 0 saturated heterocycles. The van der Waals surface area contributed by atoms with Gasteiger partial charge in [0.15, 0.2) is 6.10 Å². The second-order valence-corrected chi connectivity index (χ2v) is 30.5. The molecule has 0 aromatic rings. The first-order chi connectivity index (χ1) is 48.8. The van der Waals surface area contributed by atoms with Gasteiger partial charge in [0.1, 0.15) is 6.61 Å². The zero-order chi connectivity index (χ0) is 71.5. The van der Waals surface area contributed by atoms with Crippen LogP contribution in [0, 0.1) is 0 Å². The number of phosphoric acid groups is 1. The predicted molar refractivity (Wildman–Crippen MR) is 432 cm³/mol. The van der Waals surface area contributed by atoms with Gasteiger partial charge in [-0.05, 0) is 70.6 Å². The van der Waals surface area contributed by atoms with E-state index in [0.717, 1.165) is 83.5 Å². The first kappa shape index (κ1) is 96.2. The Bertz CT molecular complexity index is 1910. The lowest BCUT2D eigenvalue weighted by Crippen LogP contribution is -2.29. The largest absolute Gasteiger partial charge is 0.472 e. The van der Waals surface area contributed by atoms with Crippen LogP contribution in [0.5, 0.6) is 0 Å². The van der Waals surface area contributed by atoms with Gasteiger partial charge < -0.3 is 20.1 Å². The summed E-state index contributed by atoms with van der Waals surface area (Å²) < 4.78 is 33.3. The van der Waals surface area contributed by atoms with Crippen LogP contribution in [-0.2, 0) is 32.7 Å². The highest BCUT2D eigenvalue weighted by atomic mass is 31.2. The van der Waals surface area contributed by atoms with Crippen molar-refractivity contribution >= 4 is 19.8 Å². The number of hydrogen-bond acceptors (Lipinski definition) is 8. The summed E-state index contributed by atoms with van der Waals surface area (Å²) in [5, 5.41) is 0. The van der Waals surface area contributed by atoms with Crippen LogP contribution in [-0.4, -0.2) is 49.3 Å². The van der Waals surface area contributed by atoms with E-state index in [1.807, 2.05) is 0 Å². The van der Waals surface area contributed by atoms with Crippen molar-refractivity contribution in [1.29, 1.82) is 0 Å². The molecule has 99 heavy (non-hydrogen) atoms. The van der Waals surface area contributed by atoms with Gasteiger partial charge in [-0.15, -0.1) is 0 Å². The van der Waals surface area contributed by atoms with Crippen molar-refractivity contribution in [3.63, 3.8) is 0 Å². The van der Waals surface area contributed by atoms with Gasteiger partial charge in [0.2, 0.25) is 0 Å². The maximum Gasteiger partial charge on any atom is 0.472 e. The van der Waals surface area contributed by atoms with Crippen LogP contribution in [0.25, 0.3) is 0 Å². The van der Waals surface area contributed by atoms with Crippen LogP contribution in [0.3, 0.4) is 0 Å². The van der Waals surface area contributed by atoms with Crippen molar-refractivity contribution in [2.24, 2.45) is 5.73 Å². The van der Waals surface area contributed by atoms with Gasteiger partial charge in [0, 0.05) is 19.4 Å². The summed E-state index contributed by atoms with van der Waals surface area (Å²) in [6, 6.07) is 0. The number of esters is 2. The van der Waals surface area contributed by atoms with Crippen LogP contribution >= 0.6 is 7.82 Å². The summed E-state index contributed by atoms with van der Waals surface area (Å²) >= 11 is 0. The summed E-state index contributed by atoms with van der Waals surface area (Å²) in [5.41, 5.74) is 5.42. The average molecular weight is 1410 g/mol. The number of phosphoric ester groups is 1. The molecular formula is C89H164NO8P. The summed E-state index contributed by atoms with van der Waals surface area (Å²) in [7, 11) is -4.40. The molecule has 0 aliphatic heterocycles. The predicted octanol–water partition coefficient (Wildman–Crippen LogP) is 29.2. The molecule has 3 N–H and O–H groups in total. The maximum atomic E-state index is 12.8. The van der Waals surface area contributed by atoms with Gasteiger partial charge >= 0.3 is 19.8 Å². The van der Waals surface area contributed by atoms with Crippen LogP contribution in [0.2, 0.25) is 0 Å². The number of carbonyl (C=O) groups is 2. The highest BCUT2D eigenvalue weighted by molar-refractivity contribution is 7.47. The van der Waals surface area contributed by atoms with Crippen LogP contribution in [0.1, 0.15) is 438 Å². The zero-order valence-corrected chi connectivity index (χ0v) is 66.4. The second kappa shape index (κ2) is 84.1. The zero-order valence-electron chi connectivity index (χ0n) is 65.5. The van der Waals surface area contributed by atoms with Gasteiger partial charge in [0.05, 0.1) is 13.2 Å². The molecule has 2 atom stereocenters. The summed E-state index contributed by atoms with van der Waals surface area (Å²) in [6.07, 6.45) is 115. The second-order valence-electron chi connectivity index (χ2n) is 29.0. The van der Waals surface area contributed by atoms with Crippen LogP contribution in [0.4, 0.5) is 0 Å². The molecule has 0 amide bonds. The topological polar surface area (TPSA) is 134 Å². The minimum absolute atomic E-state index is 0.0540. The Kier molecular flexibility index (Phi) is 81.7. The van der Waals surface area contributed by atoms with Crippen LogP contribution in [0.15, 0.2) is 85.1 Å². The van der Waals surface area contributed by atoms with Crippen molar-refractivity contribution in [1.82, 2.24) is 0 Å². The SMILES string of the molecule is CC/C=C\C/C=C\C/C=C\C/C=C\C/C=C\C/C=C\C/C=C\CCCCCCCCCCCCCCCCCCCC(=O)OC(COC(=O)CCCCCCCCCCCCCCCCCCCCCCCCCCCCCCCCCCCCCCCCC)COP(=O)(O)OCCN. The molecule has 0 rings (SSSR count). The van der Waals surface area contributed by atoms with Crippen molar-refractivity contribution in [3.05, 3.63) is 85.1 Å². The van der Waals surface area contributed by atoms with Crippen molar-refractivity contribution in [2.75, 3.05) is 26.4 Å². The van der Waals surface area contributed by atoms with Crippen molar-refractivity contribution in [2.45, 2.75) is 444 Å². The van der Waals surface area contributed by atoms with Gasteiger partial charge in [-0.25, -0.2) is 4.57 Å². The molecule has 0 heterocycles. The molecule has 578 valence electrons. The molecule has 0 aromatic carbocycles. The standard InChI is InChI=1S/C89H164NO8P/c1-3-5-7-9-11-13-15-17-19-21-23-25-27-29-31-33-35-37-39-41-43-45-47-49-51-53-55-57-59-61-63-65-67-69-71-73-75-77-79-81-88(91)95-85-87(86-97-99(93,94)96-84-83-90)98-89(92)82-80-78-76-74-72-70-68-66-64-62-60-58-56-54-52-50-48-46-44-42-40-38-36-34-32-30-28-26-24-22-20-18-16-14-12-10-8-6-4-2/h6,8,12,14,18,20,24,26,30,32,36,38,42,44,87H,3-5,7,9-11,13,15-17,19,21-23,25,27-29,31,33-35,37,39-41,43,45-86,90H2,1-2H3,(H,93,94)/b8-6-,14-12-,20-18-,26-24-,32-30-,38-36-,44-42-. The Morgan fingerprint density at radius 1 is 0.313 bits per heavy atom. The Morgan fingerprint density at radius 2 is 0.556 bits per heavy atom. The van der Waals surface area contributed by atoms with E-state index in [2.05, 4.69) is 98.9 Å². The van der Waals surface area contributed by atoms with Crippen molar-refractivity contribution in [3.8, 4) is 0 Å². The highest BCUT2D eigenvalue weighted by Gasteiger charge is 2.26. The van der Waals surface area contributed by atoms with Gasteiger partial charge in [-0.3, -0.25) is 18.6 Å². The molecule has 0 bridgehead atoms. The van der Waals surface area contributed by atoms with E-state index in [1.54, 1.807) is 0 Å². The van der Waals surface area contributed by atoms with E-state index >= 15 is 0 Å². The normalized spacial score (nSPS) is 13.2. The summed E-state index contributed by atoms with van der Waals surface area (Å²) in [4.78, 5) is 35.5. The Balaban J connectivity index is 3.75. The van der Waals surface area contributed by atoms with Gasteiger partial charge in [-0.2, -0.15) is 0 Å². The molecule has 0 fully saturated rings. The van der Waals surface area contributed by atoms with E-state index in [-0.39, 0.29) is 38.6 Å². The fraction of sp³-hybridized carbons (Fsp3) is 0.820. The number of nitrogens with two attached hydrogens (primary N) is 1. The van der Waals surface area contributed by atoms with Gasteiger partial charge in [-0.1, -0.05) is 439 Å². The van der Waals surface area contributed by atoms with Crippen LogP contribution < -0.4 is 5.73 Å². The Morgan fingerprint density at radius 3 is 0.828 bits per heavy atom. The lowest BCUT2D eigenvalue weighted by molar-refractivity contribution is -0.161. The van der Waals surface area contributed by atoms with Crippen molar-refractivity contribution < 1.29 is 37.6 Å². The number of ether oxygens (including phenoxy) is 2. The minimum atomic E-state index is -4.40. The summed E-state index contributed by atoms with van der Waals surface area (Å²) in [5.74, 6) is -0.806. The summed E-state index contributed by atoms with van der Waals surface area (Å²) in [6.45, 7) is 3.70. The minimum Gasteiger partial charge on any atom is -0.462 e. The molecule has 10 heteroatoms. The Hall–Kier alpha value is -2.81. The average Bonchev–Trinajstić information content (AvgIpc) is 1.35. The fourth-order valence-corrected chi connectivity index (χ4v) is 13.7. The molecule has 0 aliphatic carbocycles. The highest BCUT2D eigenvalue weighted by Crippen LogP contribution is 2.43. The van der Waals surface area contributed by atoms with Gasteiger partial charge in [0.25, 0.3) is 0 Å². The molecular weight excluding hydrogens is 1240 g/mol. The molecule has 0 radical (unpaired) electrons. The monoisotopic (exact) mass is 1410 g/mol. The van der Waals surface area contributed by atoms with E-state index in [0.29, 0.717) is 6.42 Å². The third kappa shape index (κ3) is 84.0. The molecule has 0 aliphatic rings. The number of unbranched alkanes of at least 4 members (excludes halogenated alkanes) is 55. The van der Waals surface area contributed by atoms with E-state index in [9.17, 15) is 19.0 Å². The molecule has 2 unspecified atom stereocenters. The van der Waals surface area contributed by atoms with E-state index < -0.39 is 26.5 Å². The maximum absolute atomic E-state index is 12.8. The number of allylic oxidation sites excluding steroid dienone is 14. The lowest BCUT2D eigenvalue weighted by Gasteiger charge is -2.19. The smallest absolute Gasteiger partial charge is 0.462 e. The first-order valence-electron chi connectivity index (χ1n) is 43.1. The molecule has 0 aromatic heterocycles. The number of hydrogen-bond donors (Lipinski definition) is 2. The molecule has 0 spiro atoms.